The van der Waals surface area contributed by atoms with Crippen molar-refractivity contribution in [2.24, 2.45) is 9.98 Å². The van der Waals surface area contributed by atoms with E-state index in [2.05, 4.69) is 105 Å². The SMILES string of the molecule is CC(C)(C)c1cc(N=CCCCCCCC=Nc2cc(C(C)(C)C)cc(C(C)(C)C)c2O)c(O)c(C(C)(C)C)c1. The Balaban J connectivity index is 1.93. The highest BCUT2D eigenvalue weighted by Crippen LogP contribution is 2.42. The lowest BCUT2D eigenvalue weighted by Crippen LogP contribution is -2.16. The molecule has 222 valence electrons. The molecular formula is C36H56N2O2. The number of nitrogens with zero attached hydrogens (tertiary/aromatic N) is 2. The summed E-state index contributed by atoms with van der Waals surface area (Å²) < 4.78 is 0. The standard InChI is InChI=1S/C36H56N2O2/c1-33(2,3)25-21-27(35(7,8)9)31(39)29(23-25)37-19-17-15-13-14-16-18-20-38-30-24-26(34(4,5)6)22-28(32(30)40)36(10,11)12/h19-24,39-40H,13-18H2,1-12H3. The van der Waals surface area contributed by atoms with Gasteiger partial charge >= 0.3 is 0 Å². The second-order valence-corrected chi connectivity index (χ2v) is 15.4. The normalized spacial score (nSPS) is 13.6. The fourth-order valence-corrected chi connectivity index (χ4v) is 4.60. The molecule has 0 saturated heterocycles. The van der Waals surface area contributed by atoms with Crippen molar-refractivity contribution in [2.45, 2.75) is 143 Å². The number of rotatable bonds is 9. The molecule has 0 saturated carbocycles. The molecule has 0 aliphatic rings. The Morgan fingerprint density at radius 3 is 1.10 bits per heavy atom. The van der Waals surface area contributed by atoms with Gasteiger partial charge in [-0.05, 0) is 70.6 Å². The molecule has 40 heavy (non-hydrogen) atoms. The minimum atomic E-state index is -0.151. The highest BCUT2D eigenvalue weighted by molar-refractivity contribution is 5.70. The Hall–Kier alpha value is -2.62. The summed E-state index contributed by atoms with van der Waals surface area (Å²) in [5.74, 6) is 0.592. The molecule has 0 aliphatic carbocycles. The fraction of sp³-hybridized carbons (Fsp3) is 0.611. The van der Waals surface area contributed by atoms with E-state index in [9.17, 15) is 10.2 Å². The molecule has 2 rings (SSSR count). The lowest BCUT2D eigenvalue weighted by molar-refractivity contribution is 0.445. The van der Waals surface area contributed by atoms with E-state index in [0.717, 1.165) is 49.7 Å². The summed E-state index contributed by atoms with van der Waals surface area (Å²) >= 11 is 0. The number of unbranched alkanes of at least 4 members (excludes halogenated alkanes) is 5. The topological polar surface area (TPSA) is 65.2 Å². The summed E-state index contributed by atoms with van der Waals surface area (Å²) in [5.41, 5.74) is 5.29. The number of benzene rings is 2. The molecule has 2 N–H and O–H groups in total. The van der Waals surface area contributed by atoms with E-state index in [-0.39, 0.29) is 21.7 Å². The quantitative estimate of drug-likeness (QED) is 0.242. The van der Waals surface area contributed by atoms with Crippen LogP contribution in [-0.2, 0) is 21.7 Å². The number of hydrogen-bond donors (Lipinski definition) is 2. The predicted molar refractivity (Wildman–Crippen MR) is 175 cm³/mol. The summed E-state index contributed by atoms with van der Waals surface area (Å²) in [6.07, 6.45) is 10.1. The van der Waals surface area contributed by atoms with Crippen LogP contribution < -0.4 is 0 Å². The average molecular weight is 549 g/mol. The molecular weight excluding hydrogens is 492 g/mol. The molecule has 0 aliphatic heterocycles. The highest BCUT2D eigenvalue weighted by Gasteiger charge is 2.26. The highest BCUT2D eigenvalue weighted by atomic mass is 16.3. The number of aromatic hydroxyl groups is 2. The van der Waals surface area contributed by atoms with E-state index in [1.165, 1.54) is 11.1 Å². The molecule has 0 spiro atoms. The molecule has 0 radical (unpaired) electrons. The molecule has 4 nitrogen and oxygen atoms in total. The monoisotopic (exact) mass is 548 g/mol. The summed E-state index contributed by atoms with van der Waals surface area (Å²) in [6.45, 7) is 25.9. The van der Waals surface area contributed by atoms with Crippen molar-refractivity contribution < 1.29 is 10.2 Å². The molecule has 0 amide bonds. The van der Waals surface area contributed by atoms with Gasteiger partial charge in [-0.15, -0.1) is 0 Å². The van der Waals surface area contributed by atoms with Crippen LogP contribution in [0.1, 0.15) is 144 Å². The molecule has 2 aromatic rings. The van der Waals surface area contributed by atoms with Gasteiger partial charge in [0.2, 0.25) is 0 Å². The maximum atomic E-state index is 10.9. The molecule has 0 bridgehead atoms. The third-order valence-electron chi connectivity index (χ3n) is 7.40. The van der Waals surface area contributed by atoms with Crippen LogP contribution >= 0.6 is 0 Å². The second-order valence-electron chi connectivity index (χ2n) is 15.4. The maximum absolute atomic E-state index is 10.9. The smallest absolute Gasteiger partial charge is 0.144 e. The molecule has 4 heteroatoms. The molecule has 0 atom stereocenters. The van der Waals surface area contributed by atoms with Crippen LogP contribution in [0.4, 0.5) is 11.4 Å². The van der Waals surface area contributed by atoms with Crippen molar-refractivity contribution in [2.75, 3.05) is 0 Å². The number of phenolic OH excluding ortho intramolecular Hbond substituents is 2. The maximum Gasteiger partial charge on any atom is 0.144 e. The Labute approximate surface area is 245 Å². The third kappa shape index (κ3) is 9.49. The van der Waals surface area contributed by atoms with Crippen LogP contribution in [-0.4, -0.2) is 22.6 Å². The van der Waals surface area contributed by atoms with E-state index >= 15 is 0 Å². The fourth-order valence-electron chi connectivity index (χ4n) is 4.60. The van der Waals surface area contributed by atoms with Crippen LogP contribution in [0.2, 0.25) is 0 Å². The van der Waals surface area contributed by atoms with Crippen molar-refractivity contribution in [1.82, 2.24) is 0 Å². The number of hydrogen-bond acceptors (Lipinski definition) is 4. The number of aliphatic imine (C=N–C) groups is 2. The van der Waals surface area contributed by atoms with Gasteiger partial charge in [0.25, 0.3) is 0 Å². The van der Waals surface area contributed by atoms with Gasteiger partial charge in [0, 0.05) is 23.6 Å². The Morgan fingerprint density at radius 1 is 0.500 bits per heavy atom. The Kier molecular flexibility index (Phi) is 10.8. The van der Waals surface area contributed by atoms with E-state index in [1.54, 1.807) is 0 Å². The second kappa shape index (κ2) is 12.9. The first kappa shape index (κ1) is 33.6. The van der Waals surface area contributed by atoms with E-state index in [0.29, 0.717) is 22.9 Å². The van der Waals surface area contributed by atoms with E-state index < -0.39 is 0 Å². The van der Waals surface area contributed by atoms with Gasteiger partial charge in [-0.25, -0.2) is 0 Å². The van der Waals surface area contributed by atoms with Gasteiger partial charge in [-0.1, -0.05) is 108 Å². The average Bonchev–Trinajstić information content (AvgIpc) is 2.79. The molecule has 0 heterocycles. The molecule has 2 aromatic carbocycles. The predicted octanol–water partition coefficient (Wildman–Crippen LogP) is 10.7. The largest absolute Gasteiger partial charge is 0.505 e. The van der Waals surface area contributed by atoms with Crippen LogP contribution in [0.3, 0.4) is 0 Å². The number of phenols is 2. The first-order valence-electron chi connectivity index (χ1n) is 15.0. The summed E-state index contributed by atoms with van der Waals surface area (Å²) in [4.78, 5) is 9.34. The lowest BCUT2D eigenvalue weighted by Gasteiger charge is -2.26. The van der Waals surface area contributed by atoms with Crippen LogP contribution in [0.5, 0.6) is 11.5 Å². The van der Waals surface area contributed by atoms with Gasteiger partial charge in [0.05, 0.1) is 0 Å². The third-order valence-corrected chi connectivity index (χ3v) is 7.40. The van der Waals surface area contributed by atoms with Crippen LogP contribution in [0.25, 0.3) is 0 Å². The van der Waals surface area contributed by atoms with Gasteiger partial charge in [-0.3, -0.25) is 9.98 Å². The van der Waals surface area contributed by atoms with Gasteiger partial charge in [-0.2, -0.15) is 0 Å². The Morgan fingerprint density at radius 2 is 0.825 bits per heavy atom. The summed E-state index contributed by atoms with van der Waals surface area (Å²) in [6, 6.07) is 8.31. The minimum Gasteiger partial charge on any atom is -0.505 e. The van der Waals surface area contributed by atoms with Gasteiger partial charge in [0.15, 0.2) is 0 Å². The summed E-state index contributed by atoms with van der Waals surface area (Å²) in [5, 5.41) is 21.8. The zero-order chi connectivity index (χ0) is 30.5. The zero-order valence-electron chi connectivity index (χ0n) is 27.5. The van der Waals surface area contributed by atoms with Crippen LogP contribution in [0, 0.1) is 0 Å². The molecule has 0 unspecified atom stereocenters. The van der Waals surface area contributed by atoms with E-state index in [1.807, 2.05) is 24.6 Å². The van der Waals surface area contributed by atoms with Gasteiger partial charge < -0.3 is 10.2 Å². The van der Waals surface area contributed by atoms with Crippen molar-refractivity contribution in [3.05, 3.63) is 46.5 Å². The first-order valence-corrected chi connectivity index (χ1v) is 15.0. The van der Waals surface area contributed by atoms with Crippen molar-refractivity contribution in [1.29, 1.82) is 0 Å². The first-order chi connectivity index (χ1) is 18.2. The molecule has 0 aromatic heterocycles. The minimum absolute atomic E-state index is 0.00963. The van der Waals surface area contributed by atoms with Crippen molar-refractivity contribution in [3.8, 4) is 11.5 Å². The Bertz CT molecular complexity index is 1100. The van der Waals surface area contributed by atoms with E-state index in [4.69, 9.17) is 0 Å². The van der Waals surface area contributed by atoms with Crippen molar-refractivity contribution in [3.63, 3.8) is 0 Å². The zero-order valence-corrected chi connectivity index (χ0v) is 27.5. The molecule has 0 fully saturated rings. The van der Waals surface area contributed by atoms with Crippen molar-refractivity contribution >= 4 is 23.8 Å². The lowest BCUT2D eigenvalue weighted by atomic mass is 9.80. The van der Waals surface area contributed by atoms with Crippen LogP contribution in [0.15, 0.2) is 34.3 Å². The summed E-state index contributed by atoms with van der Waals surface area (Å²) in [7, 11) is 0. The van der Waals surface area contributed by atoms with Gasteiger partial charge in [0.1, 0.15) is 22.9 Å².